The Morgan fingerprint density at radius 2 is 2.05 bits per heavy atom. The smallest absolute Gasteiger partial charge is 0.251 e. The van der Waals surface area contributed by atoms with Crippen molar-refractivity contribution in [1.82, 2.24) is 5.32 Å². The fourth-order valence-electron chi connectivity index (χ4n) is 1.68. The van der Waals surface area contributed by atoms with Gasteiger partial charge >= 0.3 is 0 Å². The van der Waals surface area contributed by atoms with Crippen LogP contribution in [0.4, 0.5) is 4.39 Å². The normalized spacial score (nSPS) is 11.3. The van der Waals surface area contributed by atoms with Gasteiger partial charge in [0.05, 0.1) is 0 Å². The molecule has 0 aliphatic carbocycles. The second-order valence-corrected chi connectivity index (χ2v) is 7.24. The lowest BCUT2D eigenvalue weighted by molar-refractivity contribution is 0.0953. The first-order valence-corrected chi connectivity index (χ1v) is 8.38. The summed E-state index contributed by atoms with van der Waals surface area (Å²) in [7, 11) is -3.68. The highest BCUT2D eigenvalue weighted by Crippen LogP contribution is 2.20. The van der Waals surface area contributed by atoms with Gasteiger partial charge in [-0.3, -0.25) is 4.79 Å². The Kier molecular flexibility index (Phi) is 4.71. The largest absolute Gasteiger partial charge is 0.352 e. The molecule has 0 atom stereocenters. The minimum atomic E-state index is -3.68. The molecular formula is C13H13FN2O3S2. The maximum absolute atomic E-state index is 13.0. The maximum atomic E-state index is 13.0. The molecule has 1 heterocycles. The summed E-state index contributed by atoms with van der Waals surface area (Å²) in [6, 6.07) is 8.48. The third-order valence-corrected chi connectivity index (χ3v) is 5.24. The molecule has 8 heteroatoms. The van der Waals surface area contributed by atoms with Crippen LogP contribution in [0.5, 0.6) is 0 Å². The van der Waals surface area contributed by atoms with Crippen molar-refractivity contribution in [1.29, 1.82) is 0 Å². The first-order valence-electron chi connectivity index (χ1n) is 6.01. The van der Waals surface area contributed by atoms with Crippen molar-refractivity contribution in [2.24, 2.45) is 5.14 Å². The number of rotatable bonds is 5. The number of carbonyl (C=O) groups is 1. The Labute approximate surface area is 125 Å². The molecule has 0 fully saturated rings. The molecule has 5 nitrogen and oxygen atoms in total. The molecule has 1 amide bonds. The minimum absolute atomic E-state index is 0.0916. The van der Waals surface area contributed by atoms with Gasteiger partial charge in [0.25, 0.3) is 5.91 Å². The second-order valence-electron chi connectivity index (χ2n) is 4.28. The predicted octanol–water partition coefficient (Wildman–Crippen LogP) is 1.51. The average Bonchev–Trinajstić information content (AvgIpc) is 2.87. The van der Waals surface area contributed by atoms with Crippen LogP contribution in [-0.2, 0) is 16.4 Å². The fourth-order valence-corrected chi connectivity index (χ4v) is 3.45. The monoisotopic (exact) mass is 328 g/mol. The lowest BCUT2D eigenvalue weighted by atomic mass is 10.2. The number of nitrogens with one attached hydrogen (secondary N) is 1. The van der Waals surface area contributed by atoms with Crippen LogP contribution in [0.1, 0.15) is 15.2 Å². The molecule has 0 aliphatic heterocycles. The van der Waals surface area contributed by atoms with Crippen LogP contribution < -0.4 is 10.5 Å². The number of hydrogen-bond donors (Lipinski definition) is 2. The Morgan fingerprint density at radius 1 is 1.29 bits per heavy atom. The molecule has 0 spiro atoms. The number of amides is 1. The van der Waals surface area contributed by atoms with Gasteiger partial charge in [-0.1, -0.05) is 6.07 Å². The van der Waals surface area contributed by atoms with Gasteiger partial charge in [0, 0.05) is 17.0 Å². The van der Waals surface area contributed by atoms with Crippen LogP contribution in [-0.4, -0.2) is 20.9 Å². The molecule has 0 radical (unpaired) electrons. The van der Waals surface area contributed by atoms with E-state index in [0.717, 1.165) is 22.3 Å². The summed E-state index contributed by atoms with van der Waals surface area (Å²) in [5.74, 6) is -0.851. The Balaban J connectivity index is 1.90. The van der Waals surface area contributed by atoms with Crippen molar-refractivity contribution in [3.63, 3.8) is 0 Å². The summed E-state index contributed by atoms with van der Waals surface area (Å²) < 4.78 is 35.3. The number of hydrogen-bond acceptors (Lipinski definition) is 4. The summed E-state index contributed by atoms with van der Waals surface area (Å²) in [4.78, 5) is 12.6. The Hall–Kier alpha value is -1.77. The van der Waals surface area contributed by atoms with Gasteiger partial charge in [-0.05, 0) is 36.8 Å². The lowest BCUT2D eigenvalue weighted by Crippen LogP contribution is -2.25. The first-order chi connectivity index (χ1) is 9.86. The van der Waals surface area contributed by atoms with E-state index in [1.54, 1.807) is 6.07 Å². The predicted molar refractivity (Wildman–Crippen MR) is 78.1 cm³/mol. The van der Waals surface area contributed by atoms with Gasteiger partial charge in [0.1, 0.15) is 10.0 Å². The Morgan fingerprint density at radius 3 is 2.67 bits per heavy atom. The zero-order chi connectivity index (χ0) is 15.5. The van der Waals surface area contributed by atoms with Crippen LogP contribution >= 0.6 is 11.3 Å². The van der Waals surface area contributed by atoms with E-state index in [-0.39, 0.29) is 15.7 Å². The lowest BCUT2D eigenvalue weighted by Gasteiger charge is -2.04. The summed E-state index contributed by atoms with van der Waals surface area (Å²) in [6.07, 6.45) is 0.473. The standard InChI is InChI=1S/C13H13FN2O3S2/c14-10-3-1-2-9(8-10)13(17)16-7-6-11-4-5-12(20-11)21(15,18)19/h1-5,8H,6-7H2,(H,16,17)(H2,15,18,19). The molecule has 112 valence electrons. The zero-order valence-corrected chi connectivity index (χ0v) is 12.5. The van der Waals surface area contributed by atoms with Gasteiger partial charge in [-0.15, -0.1) is 11.3 Å². The molecule has 0 saturated heterocycles. The average molecular weight is 328 g/mol. The number of thiophene rings is 1. The summed E-state index contributed by atoms with van der Waals surface area (Å²) in [5.41, 5.74) is 0.242. The van der Waals surface area contributed by atoms with E-state index in [9.17, 15) is 17.6 Å². The summed E-state index contributed by atoms with van der Waals surface area (Å²) in [6.45, 7) is 0.319. The molecule has 3 N–H and O–H groups in total. The van der Waals surface area contributed by atoms with Crippen molar-refractivity contribution in [3.8, 4) is 0 Å². The molecule has 1 aromatic carbocycles. The van der Waals surface area contributed by atoms with Crippen LogP contribution in [0.3, 0.4) is 0 Å². The van der Waals surface area contributed by atoms with Crippen LogP contribution in [0, 0.1) is 5.82 Å². The van der Waals surface area contributed by atoms with Crippen molar-refractivity contribution in [3.05, 3.63) is 52.7 Å². The molecule has 1 aromatic heterocycles. The Bertz CT molecular complexity index is 756. The second kappa shape index (κ2) is 6.33. The molecule has 0 unspecified atom stereocenters. The summed E-state index contributed by atoms with van der Waals surface area (Å²) >= 11 is 1.07. The van der Waals surface area contributed by atoms with Crippen LogP contribution in [0.25, 0.3) is 0 Å². The van der Waals surface area contributed by atoms with E-state index in [1.807, 2.05) is 0 Å². The van der Waals surface area contributed by atoms with E-state index in [4.69, 9.17) is 5.14 Å². The molecule has 2 rings (SSSR count). The third-order valence-electron chi connectivity index (χ3n) is 2.66. The van der Waals surface area contributed by atoms with Crippen molar-refractivity contribution in [2.45, 2.75) is 10.6 Å². The highest BCUT2D eigenvalue weighted by atomic mass is 32.2. The van der Waals surface area contributed by atoms with Gasteiger partial charge in [-0.2, -0.15) is 0 Å². The topological polar surface area (TPSA) is 89.3 Å². The number of sulfonamides is 1. The quantitative estimate of drug-likeness (QED) is 0.872. The fraction of sp³-hybridized carbons (Fsp3) is 0.154. The molecular weight excluding hydrogens is 315 g/mol. The van der Waals surface area contributed by atoms with Gasteiger partial charge < -0.3 is 5.32 Å². The summed E-state index contributed by atoms with van der Waals surface area (Å²) in [5, 5.41) is 7.66. The van der Waals surface area contributed by atoms with E-state index < -0.39 is 15.8 Å². The molecule has 21 heavy (non-hydrogen) atoms. The molecule has 0 saturated carbocycles. The SMILES string of the molecule is NS(=O)(=O)c1ccc(CCNC(=O)c2cccc(F)c2)s1. The number of benzene rings is 1. The van der Waals surface area contributed by atoms with Gasteiger partial charge in [0.15, 0.2) is 0 Å². The molecule has 0 aliphatic rings. The van der Waals surface area contributed by atoms with Crippen molar-refractivity contribution in [2.75, 3.05) is 6.54 Å². The highest BCUT2D eigenvalue weighted by Gasteiger charge is 2.11. The first kappa shape index (κ1) is 15.6. The number of halogens is 1. The van der Waals surface area contributed by atoms with Gasteiger partial charge in [0.2, 0.25) is 10.0 Å². The zero-order valence-electron chi connectivity index (χ0n) is 10.9. The van der Waals surface area contributed by atoms with Gasteiger partial charge in [-0.25, -0.2) is 17.9 Å². The van der Waals surface area contributed by atoms with E-state index in [0.29, 0.717) is 13.0 Å². The van der Waals surface area contributed by atoms with Crippen LogP contribution in [0.2, 0.25) is 0 Å². The van der Waals surface area contributed by atoms with E-state index in [1.165, 1.54) is 24.3 Å². The third kappa shape index (κ3) is 4.35. The number of carbonyl (C=O) groups excluding carboxylic acids is 1. The molecule has 2 aromatic rings. The maximum Gasteiger partial charge on any atom is 0.251 e. The molecule has 0 bridgehead atoms. The number of primary sulfonamides is 1. The highest BCUT2D eigenvalue weighted by molar-refractivity contribution is 7.91. The van der Waals surface area contributed by atoms with E-state index >= 15 is 0 Å². The van der Waals surface area contributed by atoms with E-state index in [2.05, 4.69) is 5.32 Å². The van der Waals surface area contributed by atoms with Crippen LogP contribution in [0.15, 0.2) is 40.6 Å². The number of nitrogens with two attached hydrogens (primary N) is 1. The van der Waals surface area contributed by atoms with Crippen molar-refractivity contribution < 1.29 is 17.6 Å². The van der Waals surface area contributed by atoms with Crippen molar-refractivity contribution >= 4 is 27.3 Å². The minimum Gasteiger partial charge on any atom is -0.352 e.